The summed E-state index contributed by atoms with van der Waals surface area (Å²) < 4.78 is 0. The fraction of sp³-hybridized carbons (Fsp3) is 0.286. The Kier molecular flexibility index (Phi) is 10.4. The number of carboxylic acids is 2. The van der Waals surface area contributed by atoms with E-state index in [0.29, 0.717) is 18.7 Å². The molecular weight excluding hydrogens is 392 g/mol. The van der Waals surface area contributed by atoms with Crippen LogP contribution in [0.4, 0.5) is 0 Å². The minimum atomic E-state index is -1.26. The number of thiophene rings is 1. The van der Waals surface area contributed by atoms with Crippen molar-refractivity contribution in [3.8, 4) is 0 Å². The van der Waals surface area contributed by atoms with Crippen LogP contribution < -0.4 is 5.73 Å². The molecule has 1 aromatic carbocycles. The van der Waals surface area contributed by atoms with E-state index in [1.807, 2.05) is 30.0 Å². The molecule has 2 aromatic rings. The number of carboxylic acid groups (broad SMARTS) is 2. The Morgan fingerprint density at radius 3 is 2.10 bits per heavy atom. The van der Waals surface area contributed by atoms with Gasteiger partial charge >= 0.3 is 11.9 Å². The molecule has 29 heavy (non-hydrogen) atoms. The van der Waals surface area contributed by atoms with Crippen LogP contribution in [-0.4, -0.2) is 46.0 Å². The van der Waals surface area contributed by atoms with Gasteiger partial charge in [0, 0.05) is 23.6 Å². The maximum Gasteiger partial charge on any atom is 0.328 e. The second-order valence-electron chi connectivity index (χ2n) is 6.07. The van der Waals surface area contributed by atoms with Gasteiger partial charge in [0.2, 0.25) is 5.91 Å². The van der Waals surface area contributed by atoms with Crippen molar-refractivity contribution in [2.45, 2.75) is 26.3 Å². The van der Waals surface area contributed by atoms with Crippen LogP contribution in [0, 0.1) is 6.92 Å². The van der Waals surface area contributed by atoms with E-state index in [-0.39, 0.29) is 18.5 Å². The molecule has 1 atom stereocenters. The first-order valence-corrected chi connectivity index (χ1v) is 9.89. The molecule has 2 rings (SSSR count). The number of aliphatic carboxylic acids is 2. The third kappa shape index (κ3) is 8.28. The summed E-state index contributed by atoms with van der Waals surface area (Å²) in [6.45, 7) is 4.84. The summed E-state index contributed by atoms with van der Waals surface area (Å²) in [4.78, 5) is 34.4. The van der Waals surface area contributed by atoms with Crippen LogP contribution in [0.1, 0.15) is 29.0 Å². The average molecular weight is 419 g/mol. The third-order valence-electron chi connectivity index (χ3n) is 4.06. The zero-order chi connectivity index (χ0) is 21.8. The van der Waals surface area contributed by atoms with E-state index in [0.717, 1.165) is 6.42 Å². The molecule has 1 aromatic heterocycles. The van der Waals surface area contributed by atoms with Gasteiger partial charge in [0.15, 0.2) is 0 Å². The topological polar surface area (TPSA) is 121 Å². The molecule has 0 aliphatic heterocycles. The van der Waals surface area contributed by atoms with Gasteiger partial charge in [0.25, 0.3) is 0 Å². The molecular formula is C21H26N2O5S. The number of aryl methyl sites for hydroxylation is 1. The van der Waals surface area contributed by atoms with Crippen LogP contribution in [0.3, 0.4) is 0 Å². The number of amides is 1. The Morgan fingerprint density at radius 1 is 1.10 bits per heavy atom. The monoisotopic (exact) mass is 418 g/mol. The molecule has 0 aliphatic rings. The first kappa shape index (κ1) is 24.1. The van der Waals surface area contributed by atoms with E-state index in [9.17, 15) is 14.4 Å². The summed E-state index contributed by atoms with van der Waals surface area (Å²) in [6, 6.07) is 12.5. The zero-order valence-corrected chi connectivity index (χ0v) is 17.3. The van der Waals surface area contributed by atoms with Gasteiger partial charge in [-0.15, -0.1) is 11.3 Å². The van der Waals surface area contributed by atoms with Gasteiger partial charge in [0.05, 0.1) is 12.6 Å². The molecule has 0 bridgehead atoms. The van der Waals surface area contributed by atoms with Gasteiger partial charge in [-0.2, -0.15) is 0 Å². The van der Waals surface area contributed by atoms with Crippen LogP contribution in [-0.2, 0) is 20.8 Å². The third-order valence-corrected chi connectivity index (χ3v) is 5.18. The lowest BCUT2D eigenvalue weighted by Gasteiger charge is -2.31. The number of likely N-dealkylation sites (N-methyl/N-ethyl adjacent to an activating group) is 1. The standard InChI is InChI=1S/C17H22N2OS.C4H4O4/c1-3-19(16(20)12-18)15(17-13(2)9-10-21-17)11-14-7-5-4-6-8-14;5-3(6)1-2-4(7)8/h4-10,15H,3,11-12,18H2,1-2H3;1-2H,(H,5,6)(H,7,8). The SMILES string of the molecule is CCN(C(=O)CN)C(Cc1ccccc1)c1sccc1C.O=C(O)C=CC(=O)O. The summed E-state index contributed by atoms with van der Waals surface area (Å²) in [7, 11) is 0. The highest BCUT2D eigenvalue weighted by atomic mass is 32.1. The van der Waals surface area contributed by atoms with Crippen LogP contribution in [0.25, 0.3) is 0 Å². The Morgan fingerprint density at radius 2 is 1.69 bits per heavy atom. The Hall–Kier alpha value is -2.97. The predicted molar refractivity (Wildman–Crippen MR) is 113 cm³/mol. The summed E-state index contributed by atoms with van der Waals surface area (Å²) in [6.07, 6.45) is 1.94. The van der Waals surface area contributed by atoms with Gasteiger partial charge in [-0.25, -0.2) is 9.59 Å². The van der Waals surface area contributed by atoms with E-state index in [4.69, 9.17) is 15.9 Å². The number of hydrogen-bond donors (Lipinski definition) is 3. The molecule has 0 radical (unpaired) electrons. The van der Waals surface area contributed by atoms with Gasteiger partial charge in [-0.3, -0.25) is 4.79 Å². The van der Waals surface area contributed by atoms with Crippen molar-refractivity contribution >= 4 is 29.2 Å². The number of benzene rings is 1. The van der Waals surface area contributed by atoms with Crippen LogP contribution >= 0.6 is 11.3 Å². The highest BCUT2D eigenvalue weighted by molar-refractivity contribution is 7.10. The van der Waals surface area contributed by atoms with Crippen molar-refractivity contribution in [2.24, 2.45) is 5.73 Å². The van der Waals surface area contributed by atoms with Gasteiger partial charge in [-0.1, -0.05) is 30.3 Å². The summed E-state index contributed by atoms with van der Waals surface area (Å²) >= 11 is 1.71. The zero-order valence-electron chi connectivity index (χ0n) is 16.4. The summed E-state index contributed by atoms with van der Waals surface area (Å²) in [5.41, 5.74) is 8.06. The number of nitrogens with two attached hydrogens (primary N) is 1. The number of carbonyl (C=O) groups is 3. The highest BCUT2D eigenvalue weighted by Crippen LogP contribution is 2.31. The normalized spacial score (nSPS) is 11.4. The van der Waals surface area contributed by atoms with Crippen LogP contribution in [0.5, 0.6) is 0 Å². The second-order valence-corrected chi connectivity index (χ2v) is 7.01. The van der Waals surface area contributed by atoms with Crippen LogP contribution in [0.15, 0.2) is 53.9 Å². The molecule has 0 spiro atoms. The maximum absolute atomic E-state index is 12.2. The largest absolute Gasteiger partial charge is 0.478 e. The first-order chi connectivity index (χ1) is 13.8. The van der Waals surface area contributed by atoms with Gasteiger partial charge < -0.3 is 20.8 Å². The summed E-state index contributed by atoms with van der Waals surface area (Å²) in [5.74, 6) is -2.51. The van der Waals surface area contributed by atoms with Crippen molar-refractivity contribution in [1.82, 2.24) is 4.90 Å². The van der Waals surface area contributed by atoms with E-state index in [2.05, 4.69) is 30.5 Å². The smallest absolute Gasteiger partial charge is 0.328 e. The second kappa shape index (κ2) is 12.5. The number of carbonyl (C=O) groups excluding carboxylic acids is 1. The molecule has 8 heteroatoms. The molecule has 0 aliphatic carbocycles. The van der Waals surface area contributed by atoms with Gasteiger partial charge in [-0.05, 0) is 42.8 Å². The Bertz CT molecular complexity index is 817. The molecule has 156 valence electrons. The Balaban J connectivity index is 0.000000447. The fourth-order valence-corrected chi connectivity index (χ4v) is 3.78. The quantitative estimate of drug-likeness (QED) is 0.567. The molecule has 4 N–H and O–H groups in total. The van der Waals surface area contributed by atoms with Crippen molar-refractivity contribution in [3.05, 3.63) is 69.9 Å². The van der Waals surface area contributed by atoms with Crippen molar-refractivity contribution in [3.63, 3.8) is 0 Å². The lowest BCUT2D eigenvalue weighted by atomic mass is 10.0. The predicted octanol–water partition coefficient (Wildman–Crippen LogP) is 2.86. The molecule has 1 unspecified atom stereocenters. The molecule has 0 fully saturated rings. The molecule has 0 saturated heterocycles. The highest BCUT2D eigenvalue weighted by Gasteiger charge is 2.25. The van der Waals surface area contributed by atoms with E-state index < -0.39 is 11.9 Å². The van der Waals surface area contributed by atoms with Crippen molar-refractivity contribution < 1.29 is 24.6 Å². The average Bonchev–Trinajstić information content (AvgIpc) is 3.13. The lowest BCUT2D eigenvalue weighted by molar-refractivity contribution is -0.134. The Labute approximate surface area is 174 Å². The molecule has 1 amide bonds. The molecule has 1 heterocycles. The minimum Gasteiger partial charge on any atom is -0.478 e. The van der Waals surface area contributed by atoms with E-state index in [1.54, 1.807) is 11.3 Å². The lowest BCUT2D eigenvalue weighted by Crippen LogP contribution is -2.39. The first-order valence-electron chi connectivity index (χ1n) is 9.01. The van der Waals surface area contributed by atoms with Crippen molar-refractivity contribution in [1.29, 1.82) is 0 Å². The molecule has 0 saturated carbocycles. The number of rotatable bonds is 8. The van der Waals surface area contributed by atoms with E-state index >= 15 is 0 Å². The summed E-state index contributed by atoms with van der Waals surface area (Å²) in [5, 5.41) is 17.7. The fourth-order valence-electron chi connectivity index (χ4n) is 2.74. The molecule has 7 nitrogen and oxygen atoms in total. The number of hydrogen-bond acceptors (Lipinski definition) is 5. The maximum atomic E-state index is 12.2. The number of nitrogens with zero attached hydrogens (tertiary/aromatic N) is 1. The van der Waals surface area contributed by atoms with Gasteiger partial charge in [0.1, 0.15) is 0 Å². The van der Waals surface area contributed by atoms with Crippen molar-refractivity contribution in [2.75, 3.05) is 13.1 Å². The van der Waals surface area contributed by atoms with E-state index in [1.165, 1.54) is 16.0 Å². The van der Waals surface area contributed by atoms with Crippen LogP contribution in [0.2, 0.25) is 0 Å². The minimum absolute atomic E-state index is 0.00577.